The maximum Gasteiger partial charge on any atom is 0.422 e. The van der Waals surface area contributed by atoms with E-state index in [0.29, 0.717) is 23.6 Å². The highest BCUT2D eigenvalue weighted by Crippen LogP contribution is 2.40. The molecule has 3 rings (SSSR count). The van der Waals surface area contributed by atoms with Crippen LogP contribution in [0.3, 0.4) is 0 Å². The summed E-state index contributed by atoms with van der Waals surface area (Å²) in [5, 5.41) is 0. The molecule has 0 spiro atoms. The molecule has 0 nitrogen and oxygen atoms in total. The Balaban J connectivity index is 1.96. The lowest BCUT2D eigenvalue weighted by atomic mass is 9.77. The molecule has 1 aliphatic rings. The van der Waals surface area contributed by atoms with Crippen LogP contribution in [0.2, 0.25) is 0 Å². The van der Waals surface area contributed by atoms with Crippen molar-refractivity contribution in [2.24, 2.45) is 5.92 Å². The van der Waals surface area contributed by atoms with Crippen LogP contribution in [0.1, 0.15) is 56.1 Å². The summed E-state index contributed by atoms with van der Waals surface area (Å²) in [7, 11) is 0. The molecule has 1 saturated carbocycles. The van der Waals surface area contributed by atoms with Gasteiger partial charge < -0.3 is 0 Å². The predicted molar refractivity (Wildman–Crippen MR) is 91.7 cm³/mol. The van der Waals surface area contributed by atoms with Gasteiger partial charge in [-0.3, -0.25) is 0 Å². The Kier molecular flexibility index (Phi) is 5.73. The zero-order valence-corrected chi connectivity index (χ0v) is 15.1. The molecule has 7 heteroatoms. The molecule has 152 valence electrons. The second-order valence-electron chi connectivity index (χ2n) is 7.30. The topological polar surface area (TPSA) is 0 Å². The van der Waals surface area contributed by atoms with E-state index < -0.39 is 46.1 Å². The monoisotopic (exact) mass is 404 g/mol. The van der Waals surface area contributed by atoms with E-state index in [0.717, 1.165) is 44.2 Å². The molecule has 0 aliphatic heterocycles. The van der Waals surface area contributed by atoms with E-state index in [-0.39, 0.29) is 5.92 Å². The largest absolute Gasteiger partial charge is 0.422 e. The van der Waals surface area contributed by atoms with Gasteiger partial charge in [-0.1, -0.05) is 13.3 Å². The van der Waals surface area contributed by atoms with Crippen LogP contribution in [0, 0.1) is 29.2 Å². The molecule has 0 N–H and O–H groups in total. The van der Waals surface area contributed by atoms with Gasteiger partial charge in [0, 0.05) is 0 Å². The average molecular weight is 404 g/mol. The minimum Gasteiger partial charge on any atom is -0.206 e. The summed E-state index contributed by atoms with van der Waals surface area (Å²) >= 11 is 0. The molecule has 1 aliphatic carbocycles. The third-order valence-electron chi connectivity index (χ3n) is 5.57. The van der Waals surface area contributed by atoms with Crippen molar-refractivity contribution in [1.82, 2.24) is 0 Å². The standard InChI is InChI=1S/C21H19F7/c1-2-11-3-5-12(6-4-11)13-7-15(22)19(16(23)8-13)14-9-17(24)20(18(25)10-14)21(26,27)28/h7-12H,2-6H2,1H3. The summed E-state index contributed by atoms with van der Waals surface area (Å²) in [5.74, 6) is -5.34. The lowest BCUT2D eigenvalue weighted by Gasteiger charge is -2.28. The number of halogens is 7. The van der Waals surface area contributed by atoms with Crippen molar-refractivity contribution >= 4 is 0 Å². The first-order valence-corrected chi connectivity index (χ1v) is 9.17. The summed E-state index contributed by atoms with van der Waals surface area (Å²) < 4.78 is 94.8. The van der Waals surface area contributed by atoms with Gasteiger partial charge in [-0.05, 0) is 72.9 Å². The van der Waals surface area contributed by atoms with Gasteiger partial charge in [0.1, 0.15) is 28.8 Å². The van der Waals surface area contributed by atoms with E-state index in [4.69, 9.17) is 0 Å². The normalized spacial score (nSPS) is 20.4. The SMILES string of the molecule is CCC1CCC(c2cc(F)c(-c3cc(F)c(C(F)(F)F)c(F)c3)c(F)c2)CC1. The highest BCUT2D eigenvalue weighted by Gasteiger charge is 2.38. The molecule has 0 saturated heterocycles. The summed E-state index contributed by atoms with van der Waals surface area (Å²) in [6, 6.07) is 2.84. The van der Waals surface area contributed by atoms with Crippen LogP contribution in [0.4, 0.5) is 30.7 Å². The molecule has 2 aromatic rings. The van der Waals surface area contributed by atoms with Gasteiger partial charge in [0.05, 0.1) is 5.56 Å². The van der Waals surface area contributed by atoms with Crippen molar-refractivity contribution in [2.45, 2.75) is 51.1 Å². The first kappa shape index (κ1) is 20.7. The number of benzene rings is 2. The summed E-state index contributed by atoms with van der Waals surface area (Å²) in [6.07, 6.45) is -0.687. The van der Waals surface area contributed by atoms with Gasteiger partial charge in [0.2, 0.25) is 0 Å². The summed E-state index contributed by atoms with van der Waals surface area (Å²) in [6.45, 7) is 2.10. The molecule has 2 aromatic carbocycles. The first-order chi connectivity index (χ1) is 13.1. The van der Waals surface area contributed by atoms with Crippen LogP contribution in [0.15, 0.2) is 24.3 Å². The lowest BCUT2D eigenvalue weighted by molar-refractivity contribution is -0.142. The summed E-state index contributed by atoms with van der Waals surface area (Å²) in [5.41, 5.74) is -2.97. The third kappa shape index (κ3) is 4.03. The smallest absolute Gasteiger partial charge is 0.206 e. The van der Waals surface area contributed by atoms with E-state index in [1.165, 1.54) is 0 Å². The van der Waals surface area contributed by atoms with E-state index in [9.17, 15) is 30.7 Å². The van der Waals surface area contributed by atoms with Crippen LogP contribution in [-0.4, -0.2) is 0 Å². The minimum atomic E-state index is -5.25. The Hall–Kier alpha value is -2.05. The molecule has 0 radical (unpaired) electrons. The Morgan fingerprint density at radius 2 is 1.29 bits per heavy atom. The van der Waals surface area contributed by atoms with Crippen LogP contribution >= 0.6 is 0 Å². The molecule has 0 unspecified atom stereocenters. The van der Waals surface area contributed by atoms with Crippen LogP contribution in [-0.2, 0) is 6.18 Å². The minimum absolute atomic E-state index is 0.0121. The molecule has 0 heterocycles. The molecular formula is C21H19F7. The Morgan fingerprint density at radius 3 is 1.71 bits per heavy atom. The van der Waals surface area contributed by atoms with E-state index in [1.54, 1.807) is 0 Å². The van der Waals surface area contributed by atoms with Crippen molar-refractivity contribution < 1.29 is 30.7 Å². The van der Waals surface area contributed by atoms with Gasteiger partial charge in [0.25, 0.3) is 0 Å². The predicted octanol–water partition coefficient (Wildman–Crippen LogP) is 7.61. The van der Waals surface area contributed by atoms with Crippen molar-refractivity contribution in [3.05, 3.63) is 58.7 Å². The highest BCUT2D eigenvalue weighted by atomic mass is 19.4. The van der Waals surface area contributed by atoms with Gasteiger partial charge in [-0.25, -0.2) is 17.6 Å². The molecule has 0 bridgehead atoms. The fourth-order valence-electron chi connectivity index (χ4n) is 4.00. The zero-order chi connectivity index (χ0) is 20.6. The van der Waals surface area contributed by atoms with Crippen molar-refractivity contribution in [3.8, 4) is 11.1 Å². The Labute approximate surface area is 158 Å². The number of rotatable bonds is 3. The fourth-order valence-corrected chi connectivity index (χ4v) is 4.00. The third-order valence-corrected chi connectivity index (χ3v) is 5.57. The lowest BCUT2D eigenvalue weighted by Crippen LogP contribution is -2.13. The van der Waals surface area contributed by atoms with Gasteiger partial charge in [-0.2, -0.15) is 13.2 Å². The average Bonchev–Trinajstić information content (AvgIpc) is 2.59. The van der Waals surface area contributed by atoms with Crippen molar-refractivity contribution in [3.63, 3.8) is 0 Å². The van der Waals surface area contributed by atoms with Gasteiger partial charge in [0.15, 0.2) is 0 Å². The van der Waals surface area contributed by atoms with Crippen molar-refractivity contribution in [1.29, 1.82) is 0 Å². The molecule has 0 atom stereocenters. The maximum absolute atomic E-state index is 14.6. The van der Waals surface area contributed by atoms with E-state index >= 15 is 0 Å². The van der Waals surface area contributed by atoms with Crippen LogP contribution in [0.5, 0.6) is 0 Å². The maximum atomic E-state index is 14.6. The van der Waals surface area contributed by atoms with Gasteiger partial charge >= 0.3 is 6.18 Å². The second-order valence-corrected chi connectivity index (χ2v) is 7.30. The van der Waals surface area contributed by atoms with Crippen LogP contribution < -0.4 is 0 Å². The van der Waals surface area contributed by atoms with Crippen molar-refractivity contribution in [2.75, 3.05) is 0 Å². The van der Waals surface area contributed by atoms with E-state index in [2.05, 4.69) is 6.92 Å². The highest BCUT2D eigenvalue weighted by molar-refractivity contribution is 5.66. The molecule has 0 amide bonds. The quantitative estimate of drug-likeness (QED) is 0.462. The Bertz CT molecular complexity index is 816. The van der Waals surface area contributed by atoms with Gasteiger partial charge in [-0.15, -0.1) is 0 Å². The zero-order valence-electron chi connectivity index (χ0n) is 15.1. The van der Waals surface area contributed by atoms with Crippen LogP contribution in [0.25, 0.3) is 11.1 Å². The number of hydrogen-bond acceptors (Lipinski definition) is 0. The Morgan fingerprint density at radius 1 is 0.786 bits per heavy atom. The summed E-state index contributed by atoms with van der Waals surface area (Å²) in [4.78, 5) is 0. The number of alkyl halides is 3. The number of hydrogen-bond donors (Lipinski definition) is 0. The van der Waals surface area contributed by atoms with E-state index in [1.807, 2.05) is 0 Å². The molecule has 28 heavy (non-hydrogen) atoms. The molecule has 0 aromatic heterocycles. The fraction of sp³-hybridized carbons (Fsp3) is 0.429. The second kappa shape index (κ2) is 7.76. The molecular weight excluding hydrogens is 385 g/mol. The molecule has 1 fully saturated rings. The first-order valence-electron chi connectivity index (χ1n) is 9.17.